The van der Waals surface area contributed by atoms with Gasteiger partial charge in [0.15, 0.2) is 0 Å². The number of pyridine rings is 1. The number of nitrogens with one attached hydrogen (secondary N) is 2. The molecule has 2 atom stereocenters. The lowest BCUT2D eigenvalue weighted by Gasteiger charge is -2.08. The third-order valence-electron chi connectivity index (χ3n) is 3.97. The fraction of sp³-hybridized carbons (Fsp3) is 0.375. The molecule has 1 fully saturated rings. The van der Waals surface area contributed by atoms with Crippen LogP contribution in [0, 0.1) is 19.8 Å². The molecule has 0 aliphatic heterocycles. The summed E-state index contributed by atoms with van der Waals surface area (Å²) < 4.78 is 5.32. The molecule has 1 aliphatic rings. The van der Waals surface area contributed by atoms with E-state index >= 15 is 0 Å². The molecule has 2 heterocycles. The number of aryl methyl sites for hydroxylation is 2. The Hall–Kier alpha value is -2.30. The summed E-state index contributed by atoms with van der Waals surface area (Å²) in [5.41, 5.74) is 2.21. The van der Waals surface area contributed by atoms with Crippen LogP contribution in [0.25, 0.3) is 0 Å². The number of hydrogen-bond donors (Lipinski definition) is 2. The molecular weight excluding hydrogens is 268 g/mol. The van der Waals surface area contributed by atoms with Crippen molar-refractivity contribution in [3.05, 3.63) is 57.4 Å². The van der Waals surface area contributed by atoms with Gasteiger partial charge in [0.05, 0.1) is 6.26 Å². The molecule has 2 aromatic rings. The topological polar surface area (TPSA) is 75.1 Å². The molecule has 0 aromatic carbocycles. The minimum atomic E-state index is -0.133. The highest BCUT2D eigenvalue weighted by molar-refractivity contribution is 5.82. The molecule has 0 saturated heterocycles. The number of amides is 1. The lowest BCUT2D eigenvalue weighted by molar-refractivity contribution is -0.122. The van der Waals surface area contributed by atoms with Crippen molar-refractivity contribution in [2.24, 2.45) is 5.92 Å². The molecule has 1 saturated carbocycles. The van der Waals surface area contributed by atoms with Gasteiger partial charge >= 0.3 is 0 Å². The minimum Gasteiger partial charge on any atom is -0.469 e. The molecule has 1 aliphatic carbocycles. The summed E-state index contributed by atoms with van der Waals surface area (Å²) >= 11 is 0. The van der Waals surface area contributed by atoms with Crippen LogP contribution >= 0.6 is 0 Å². The van der Waals surface area contributed by atoms with E-state index in [1.54, 1.807) is 6.26 Å². The van der Waals surface area contributed by atoms with Crippen LogP contribution < -0.4 is 10.9 Å². The predicted molar refractivity (Wildman–Crippen MR) is 77.9 cm³/mol. The molecule has 0 spiro atoms. The zero-order valence-corrected chi connectivity index (χ0v) is 12.1. The molecule has 5 heteroatoms. The van der Waals surface area contributed by atoms with Crippen LogP contribution in [-0.4, -0.2) is 10.9 Å². The van der Waals surface area contributed by atoms with Crippen molar-refractivity contribution < 1.29 is 9.21 Å². The Labute approximate surface area is 122 Å². The Bertz CT molecular complexity index is 716. The van der Waals surface area contributed by atoms with Gasteiger partial charge in [-0.25, -0.2) is 0 Å². The van der Waals surface area contributed by atoms with E-state index in [0.717, 1.165) is 23.4 Å². The van der Waals surface area contributed by atoms with Gasteiger partial charge < -0.3 is 14.7 Å². The third-order valence-corrected chi connectivity index (χ3v) is 3.97. The first-order valence-corrected chi connectivity index (χ1v) is 7.07. The van der Waals surface area contributed by atoms with Gasteiger partial charge in [0.25, 0.3) is 5.56 Å². The molecule has 110 valence electrons. The summed E-state index contributed by atoms with van der Waals surface area (Å²) in [7, 11) is 0. The summed E-state index contributed by atoms with van der Waals surface area (Å²) in [4.78, 5) is 26.8. The van der Waals surface area contributed by atoms with Crippen LogP contribution in [0.5, 0.6) is 0 Å². The average Bonchev–Trinajstić information content (AvgIpc) is 3.03. The number of H-pyrrole nitrogens is 1. The third kappa shape index (κ3) is 2.77. The molecule has 0 radical (unpaired) electrons. The first-order chi connectivity index (χ1) is 10.1. The van der Waals surface area contributed by atoms with Gasteiger partial charge in [-0.1, -0.05) is 0 Å². The average molecular weight is 286 g/mol. The zero-order chi connectivity index (χ0) is 15.0. The monoisotopic (exact) mass is 286 g/mol. The van der Waals surface area contributed by atoms with E-state index in [0.29, 0.717) is 5.56 Å². The lowest BCUT2D eigenvalue weighted by atomic mass is 10.1. The number of hydrogen-bond acceptors (Lipinski definition) is 3. The van der Waals surface area contributed by atoms with Gasteiger partial charge in [-0.2, -0.15) is 0 Å². The summed E-state index contributed by atoms with van der Waals surface area (Å²) in [6.07, 6.45) is 2.43. The summed E-state index contributed by atoms with van der Waals surface area (Å²) in [5, 5.41) is 2.85. The Balaban J connectivity index is 1.62. The standard InChI is InChI=1S/C16H18N2O3/c1-9-6-10(2)18-16(20)13(9)8-17-15(19)12-7-11(12)14-4-3-5-21-14/h3-6,11-12H,7-8H2,1-2H3,(H,17,19)(H,18,20)/t11-,12-/m1/s1. The molecule has 0 unspecified atom stereocenters. The van der Waals surface area contributed by atoms with E-state index in [4.69, 9.17) is 4.42 Å². The highest BCUT2D eigenvalue weighted by Crippen LogP contribution is 2.47. The number of aromatic nitrogens is 1. The van der Waals surface area contributed by atoms with Crippen molar-refractivity contribution in [3.63, 3.8) is 0 Å². The molecule has 0 bridgehead atoms. The number of carbonyl (C=O) groups is 1. The van der Waals surface area contributed by atoms with Crippen molar-refractivity contribution in [2.75, 3.05) is 0 Å². The van der Waals surface area contributed by atoms with Gasteiger partial charge in [0.2, 0.25) is 5.91 Å². The SMILES string of the molecule is Cc1cc(C)c(CNC(=O)[C@@H]2C[C@H]2c2ccco2)c(=O)[nH]1. The quantitative estimate of drug-likeness (QED) is 0.902. The van der Waals surface area contributed by atoms with Gasteiger partial charge in [-0.3, -0.25) is 9.59 Å². The van der Waals surface area contributed by atoms with E-state index < -0.39 is 0 Å². The van der Waals surface area contributed by atoms with Crippen LogP contribution in [-0.2, 0) is 11.3 Å². The van der Waals surface area contributed by atoms with Crippen molar-refractivity contribution in [3.8, 4) is 0 Å². The van der Waals surface area contributed by atoms with Gasteiger partial charge in [-0.15, -0.1) is 0 Å². The smallest absolute Gasteiger partial charge is 0.253 e. The van der Waals surface area contributed by atoms with E-state index in [9.17, 15) is 9.59 Å². The second-order valence-corrected chi connectivity index (χ2v) is 5.62. The molecule has 5 nitrogen and oxygen atoms in total. The van der Waals surface area contributed by atoms with E-state index in [2.05, 4.69) is 10.3 Å². The number of aromatic amines is 1. The molecule has 1 amide bonds. The van der Waals surface area contributed by atoms with Crippen LogP contribution in [0.2, 0.25) is 0 Å². The predicted octanol–water partition coefficient (Wildman–Crippen LogP) is 2.00. The second kappa shape index (κ2) is 5.24. The van der Waals surface area contributed by atoms with E-state index in [-0.39, 0.29) is 29.8 Å². The van der Waals surface area contributed by atoms with Crippen molar-refractivity contribution in [1.29, 1.82) is 0 Å². The van der Waals surface area contributed by atoms with Crippen molar-refractivity contribution in [2.45, 2.75) is 32.7 Å². The fourth-order valence-corrected chi connectivity index (χ4v) is 2.71. The van der Waals surface area contributed by atoms with Crippen molar-refractivity contribution >= 4 is 5.91 Å². The van der Waals surface area contributed by atoms with Gasteiger partial charge in [0, 0.05) is 29.6 Å². The van der Waals surface area contributed by atoms with Crippen LogP contribution in [0.3, 0.4) is 0 Å². The summed E-state index contributed by atoms with van der Waals surface area (Å²) in [6, 6.07) is 5.64. The van der Waals surface area contributed by atoms with E-state index in [1.807, 2.05) is 32.0 Å². The number of carbonyl (C=O) groups excluding carboxylic acids is 1. The Morgan fingerprint density at radius 2 is 2.29 bits per heavy atom. The van der Waals surface area contributed by atoms with Crippen LogP contribution in [0.1, 0.15) is 34.9 Å². The Morgan fingerprint density at radius 1 is 1.48 bits per heavy atom. The largest absolute Gasteiger partial charge is 0.469 e. The zero-order valence-electron chi connectivity index (χ0n) is 12.1. The maximum atomic E-state index is 12.1. The Morgan fingerprint density at radius 3 is 2.95 bits per heavy atom. The normalized spacial score (nSPS) is 20.3. The summed E-state index contributed by atoms with van der Waals surface area (Å²) in [6.45, 7) is 3.99. The molecule has 3 rings (SSSR count). The van der Waals surface area contributed by atoms with Gasteiger partial charge in [0.1, 0.15) is 5.76 Å². The fourth-order valence-electron chi connectivity index (χ4n) is 2.71. The van der Waals surface area contributed by atoms with Crippen LogP contribution in [0.15, 0.2) is 33.7 Å². The molecule has 21 heavy (non-hydrogen) atoms. The number of rotatable bonds is 4. The minimum absolute atomic E-state index is 0.0178. The maximum absolute atomic E-state index is 12.1. The summed E-state index contributed by atoms with van der Waals surface area (Å²) in [5.74, 6) is 0.980. The first-order valence-electron chi connectivity index (χ1n) is 7.07. The van der Waals surface area contributed by atoms with E-state index in [1.165, 1.54) is 0 Å². The lowest BCUT2D eigenvalue weighted by Crippen LogP contribution is -2.29. The van der Waals surface area contributed by atoms with Gasteiger partial charge in [-0.05, 0) is 44.0 Å². The van der Waals surface area contributed by atoms with Crippen molar-refractivity contribution in [1.82, 2.24) is 10.3 Å². The first kappa shape index (κ1) is 13.7. The second-order valence-electron chi connectivity index (χ2n) is 5.62. The molecule has 2 aromatic heterocycles. The molecular formula is C16H18N2O3. The molecule has 2 N–H and O–H groups in total. The highest BCUT2D eigenvalue weighted by Gasteiger charge is 2.45. The maximum Gasteiger partial charge on any atom is 0.253 e. The highest BCUT2D eigenvalue weighted by atomic mass is 16.3. The Kier molecular flexibility index (Phi) is 3.41. The number of furan rings is 1. The van der Waals surface area contributed by atoms with Crippen LogP contribution in [0.4, 0.5) is 0 Å².